The Morgan fingerprint density at radius 1 is 0.882 bits per heavy atom. The first-order chi connectivity index (χ1) is 15.7. The van der Waals surface area contributed by atoms with Gasteiger partial charge in [0.1, 0.15) is 0 Å². The van der Waals surface area contributed by atoms with E-state index >= 15 is 0 Å². The zero-order chi connectivity index (χ0) is 25.7. The largest absolute Gasteiger partial charge is 0.478 e. The van der Waals surface area contributed by atoms with Gasteiger partial charge in [0.25, 0.3) is 0 Å². The van der Waals surface area contributed by atoms with Gasteiger partial charge in [-0.25, -0.2) is 4.79 Å². The maximum atomic E-state index is 11.4. The quantitative estimate of drug-likeness (QED) is 0.231. The van der Waals surface area contributed by atoms with E-state index in [4.69, 9.17) is 5.11 Å². The van der Waals surface area contributed by atoms with Gasteiger partial charge in [-0.3, -0.25) is 0 Å². The van der Waals surface area contributed by atoms with Crippen LogP contribution in [0, 0.1) is 22.7 Å². The van der Waals surface area contributed by atoms with Crippen LogP contribution in [0.5, 0.6) is 0 Å². The van der Waals surface area contributed by atoms with E-state index in [0.29, 0.717) is 11.5 Å². The van der Waals surface area contributed by atoms with E-state index in [1.165, 1.54) is 11.1 Å². The number of carboxylic acids is 1. The van der Waals surface area contributed by atoms with E-state index in [0.717, 1.165) is 64.2 Å². The molecule has 0 aromatic carbocycles. The highest BCUT2D eigenvalue weighted by molar-refractivity contribution is 5.85. The molecule has 0 saturated heterocycles. The highest BCUT2D eigenvalue weighted by Gasteiger charge is 2.59. The van der Waals surface area contributed by atoms with Gasteiger partial charge < -0.3 is 15.3 Å². The van der Waals surface area contributed by atoms with Crippen LogP contribution in [0.15, 0.2) is 34.9 Å². The summed E-state index contributed by atoms with van der Waals surface area (Å²) < 4.78 is 0. The summed E-state index contributed by atoms with van der Waals surface area (Å²) in [6.45, 7) is 14.8. The topological polar surface area (TPSA) is 77.8 Å². The van der Waals surface area contributed by atoms with Crippen molar-refractivity contribution < 1.29 is 20.1 Å². The fourth-order valence-electron chi connectivity index (χ4n) is 7.01. The molecule has 3 N–H and O–H groups in total. The van der Waals surface area contributed by atoms with Gasteiger partial charge in [0.15, 0.2) is 0 Å². The number of aliphatic carboxylic acids is 1. The van der Waals surface area contributed by atoms with Crippen LogP contribution < -0.4 is 0 Å². The molecule has 0 amide bonds. The third-order valence-electron chi connectivity index (χ3n) is 9.30. The fraction of sp³-hybridized carbons (Fsp3) is 0.767. The van der Waals surface area contributed by atoms with Crippen molar-refractivity contribution in [2.75, 3.05) is 0 Å². The zero-order valence-electron chi connectivity index (χ0n) is 22.8. The summed E-state index contributed by atoms with van der Waals surface area (Å²) in [5.74, 6) is -0.147. The van der Waals surface area contributed by atoms with E-state index in [2.05, 4.69) is 46.8 Å². The van der Waals surface area contributed by atoms with E-state index in [1.54, 1.807) is 13.0 Å². The highest BCUT2D eigenvalue weighted by Crippen LogP contribution is 2.62. The third kappa shape index (κ3) is 6.85. The molecule has 2 saturated carbocycles. The molecule has 194 valence electrons. The molecular weight excluding hydrogens is 424 g/mol. The zero-order valence-corrected chi connectivity index (χ0v) is 22.8. The summed E-state index contributed by atoms with van der Waals surface area (Å²) in [6, 6.07) is 0. The van der Waals surface area contributed by atoms with E-state index in [9.17, 15) is 15.0 Å². The summed E-state index contributed by atoms with van der Waals surface area (Å²) in [6.07, 6.45) is 15.5. The maximum absolute atomic E-state index is 11.4. The number of aliphatic hydroxyl groups excluding tert-OH is 1. The molecule has 0 aromatic rings. The van der Waals surface area contributed by atoms with Gasteiger partial charge in [-0.1, -0.05) is 50.1 Å². The predicted molar refractivity (Wildman–Crippen MR) is 141 cm³/mol. The monoisotopic (exact) mass is 474 g/mol. The van der Waals surface area contributed by atoms with Crippen LogP contribution in [0.2, 0.25) is 0 Å². The molecule has 34 heavy (non-hydrogen) atoms. The Hall–Kier alpha value is -1.39. The van der Waals surface area contributed by atoms with Crippen LogP contribution in [-0.4, -0.2) is 33.0 Å². The molecule has 0 radical (unpaired) electrons. The second kappa shape index (κ2) is 11.6. The molecule has 4 nitrogen and oxygen atoms in total. The first-order valence-electron chi connectivity index (χ1n) is 13.3. The molecule has 2 rings (SSSR count). The molecular formula is C30H50O4. The van der Waals surface area contributed by atoms with Crippen LogP contribution in [0.1, 0.15) is 113 Å². The second-order valence-corrected chi connectivity index (χ2v) is 12.3. The van der Waals surface area contributed by atoms with Crippen LogP contribution in [0.3, 0.4) is 0 Å². The Labute approximate surface area is 208 Å². The molecule has 0 heterocycles. The first kappa shape index (κ1) is 28.8. The van der Waals surface area contributed by atoms with Gasteiger partial charge >= 0.3 is 5.97 Å². The van der Waals surface area contributed by atoms with Crippen molar-refractivity contribution in [3.63, 3.8) is 0 Å². The van der Waals surface area contributed by atoms with Gasteiger partial charge in [-0.05, 0) is 115 Å². The van der Waals surface area contributed by atoms with Gasteiger partial charge in [0.2, 0.25) is 0 Å². The molecule has 1 unspecified atom stereocenters. The molecule has 4 heteroatoms. The normalized spacial score (nSPS) is 34.6. The van der Waals surface area contributed by atoms with Crippen molar-refractivity contribution in [1.82, 2.24) is 0 Å². The van der Waals surface area contributed by atoms with E-state index < -0.39 is 11.6 Å². The van der Waals surface area contributed by atoms with Crippen molar-refractivity contribution >= 4 is 5.97 Å². The predicted octanol–water partition coefficient (Wildman–Crippen LogP) is 7.21. The molecule has 5 atom stereocenters. The molecule has 2 fully saturated rings. The SMILES string of the molecule is C/C(=C\CC/C(C)=C/CC[C@@H]1[C@@]2(C)CC[C@H](O)C(C)(C)C2CC[C@@]1(C)O)CC/C=C(\C)C(=O)O. The maximum Gasteiger partial charge on any atom is 0.330 e. The minimum atomic E-state index is -0.841. The minimum Gasteiger partial charge on any atom is -0.478 e. The summed E-state index contributed by atoms with van der Waals surface area (Å²) in [5.41, 5.74) is 2.44. The summed E-state index contributed by atoms with van der Waals surface area (Å²) in [5, 5.41) is 30.9. The van der Waals surface area contributed by atoms with Gasteiger partial charge in [-0.2, -0.15) is 0 Å². The smallest absolute Gasteiger partial charge is 0.330 e. The van der Waals surface area contributed by atoms with Gasteiger partial charge in [0.05, 0.1) is 11.7 Å². The molecule has 2 aliphatic carbocycles. The summed E-state index contributed by atoms with van der Waals surface area (Å²) in [7, 11) is 0. The lowest BCUT2D eigenvalue weighted by atomic mass is 9.44. The number of carbonyl (C=O) groups is 1. The summed E-state index contributed by atoms with van der Waals surface area (Å²) >= 11 is 0. The number of allylic oxidation sites excluding steroid dienone is 5. The fourth-order valence-corrected chi connectivity index (χ4v) is 7.01. The molecule has 2 aliphatic rings. The van der Waals surface area contributed by atoms with Crippen LogP contribution in [0.4, 0.5) is 0 Å². The van der Waals surface area contributed by atoms with Crippen LogP contribution >= 0.6 is 0 Å². The number of fused-ring (bicyclic) bond motifs is 1. The average Bonchev–Trinajstić information content (AvgIpc) is 2.72. The Kier molecular flexibility index (Phi) is 9.81. The van der Waals surface area contributed by atoms with Gasteiger partial charge in [-0.15, -0.1) is 0 Å². The Morgan fingerprint density at radius 3 is 2.03 bits per heavy atom. The number of rotatable bonds is 10. The molecule has 0 aromatic heterocycles. The van der Waals surface area contributed by atoms with Crippen LogP contribution in [-0.2, 0) is 4.79 Å². The third-order valence-corrected chi connectivity index (χ3v) is 9.30. The van der Waals surface area contributed by atoms with Crippen molar-refractivity contribution in [3.05, 3.63) is 34.9 Å². The first-order valence-corrected chi connectivity index (χ1v) is 13.3. The standard InChI is InChI=1S/C30H50O4/c1-21(13-9-15-23(3)27(32)33)11-8-12-22(2)14-10-16-25-29(6)19-18-26(31)28(4,5)24(29)17-20-30(25,7)34/h11,14-15,24-26,31,34H,8-10,12-13,16-20H2,1-7H3,(H,32,33)/b21-11+,22-14+,23-15+/t24?,25-,26+,29+,30-/m1/s1. The highest BCUT2D eigenvalue weighted by atomic mass is 16.4. The number of hydrogen-bond acceptors (Lipinski definition) is 3. The minimum absolute atomic E-state index is 0.0690. The van der Waals surface area contributed by atoms with E-state index in [-0.39, 0.29) is 22.9 Å². The molecule has 0 spiro atoms. The van der Waals surface area contributed by atoms with E-state index in [1.807, 2.05) is 6.92 Å². The lowest BCUT2D eigenvalue weighted by Gasteiger charge is -2.62. The van der Waals surface area contributed by atoms with Crippen molar-refractivity contribution in [1.29, 1.82) is 0 Å². The number of aliphatic hydroxyl groups is 2. The lowest BCUT2D eigenvalue weighted by molar-refractivity contribution is -0.195. The van der Waals surface area contributed by atoms with Crippen LogP contribution in [0.25, 0.3) is 0 Å². The lowest BCUT2D eigenvalue weighted by Crippen LogP contribution is -2.60. The second-order valence-electron chi connectivity index (χ2n) is 12.3. The Bertz CT molecular complexity index is 801. The summed E-state index contributed by atoms with van der Waals surface area (Å²) in [4.78, 5) is 10.9. The van der Waals surface area contributed by atoms with Crippen molar-refractivity contribution in [2.45, 2.75) is 124 Å². The molecule has 0 bridgehead atoms. The Morgan fingerprint density at radius 2 is 1.44 bits per heavy atom. The van der Waals surface area contributed by atoms with Crippen molar-refractivity contribution in [3.8, 4) is 0 Å². The molecule has 0 aliphatic heterocycles. The number of hydrogen-bond donors (Lipinski definition) is 3. The number of carboxylic acid groups (broad SMARTS) is 1. The average molecular weight is 475 g/mol. The van der Waals surface area contributed by atoms with Gasteiger partial charge in [0, 0.05) is 5.57 Å². The Balaban J connectivity index is 1.91. The van der Waals surface area contributed by atoms with Crippen molar-refractivity contribution in [2.24, 2.45) is 22.7 Å².